The van der Waals surface area contributed by atoms with Gasteiger partial charge in [-0.2, -0.15) is 0 Å². The topological polar surface area (TPSA) is 106 Å². The Morgan fingerprint density at radius 2 is 1.69 bits per heavy atom. The van der Waals surface area contributed by atoms with Crippen LogP contribution in [0.4, 0.5) is 4.39 Å². The lowest BCUT2D eigenvalue weighted by molar-refractivity contribution is -0.136. The number of sulfonamides is 1. The Kier molecular flexibility index (Phi) is 3.23. The standard InChI is InChI=1S/C8H7FN2O4S/c9-5-1-3-6(4-2-5)16(14,15)11-8(13)7(10)12/h1-4H,(H2,10,12)(H,11,13). The van der Waals surface area contributed by atoms with E-state index in [9.17, 15) is 22.4 Å². The zero-order valence-electron chi connectivity index (χ0n) is 7.81. The van der Waals surface area contributed by atoms with Crippen molar-refractivity contribution in [2.24, 2.45) is 5.73 Å². The second-order valence-electron chi connectivity index (χ2n) is 2.75. The summed E-state index contributed by atoms with van der Waals surface area (Å²) in [6, 6.07) is 3.71. The van der Waals surface area contributed by atoms with Crippen molar-refractivity contribution in [2.45, 2.75) is 4.90 Å². The van der Waals surface area contributed by atoms with Crippen LogP contribution in [-0.2, 0) is 19.6 Å². The van der Waals surface area contributed by atoms with Crippen LogP contribution in [0.2, 0.25) is 0 Å². The van der Waals surface area contributed by atoms with Gasteiger partial charge < -0.3 is 5.73 Å². The van der Waals surface area contributed by atoms with Crippen molar-refractivity contribution >= 4 is 21.8 Å². The molecule has 0 radical (unpaired) electrons. The van der Waals surface area contributed by atoms with Crippen LogP contribution in [0.25, 0.3) is 0 Å². The summed E-state index contributed by atoms with van der Waals surface area (Å²) in [4.78, 5) is 20.8. The SMILES string of the molecule is NC(=O)C(=O)NS(=O)(=O)c1ccc(F)cc1. The predicted octanol–water partition coefficient (Wildman–Crippen LogP) is -0.884. The summed E-state index contributed by atoms with van der Waals surface area (Å²) in [6.45, 7) is 0. The second-order valence-corrected chi connectivity index (χ2v) is 4.44. The molecule has 0 unspecified atom stereocenters. The lowest BCUT2D eigenvalue weighted by Gasteiger charge is -2.04. The van der Waals surface area contributed by atoms with E-state index in [4.69, 9.17) is 0 Å². The maximum Gasteiger partial charge on any atom is 0.322 e. The Balaban J connectivity index is 2.99. The highest BCUT2D eigenvalue weighted by atomic mass is 32.2. The molecule has 0 aromatic heterocycles. The number of nitrogens with two attached hydrogens (primary N) is 1. The lowest BCUT2D eigenvalue weighted by Crippen LogP contribution is -2.39. The molecule has 8 heteroatoms. The van der Waals surface area contributed by atoms with Crippen LogP contribution in [0.5, 0.6) is 0 Å². The van der Waals surface area contributed by atoms with Crippen molar-refractivity contribution in [2.75, 3.05) is 0 Å². The molecule has 3 N–H and O–H groups in total. The summed E-state index contributed by atoms with van der Waals surface area (Å²) in [5.41, 5.74) is 4.57. The maximum atomic E-state index is 12.5. The van der Waals surface area contributed by atoms with E-state index in [-0.39, 0.29) is 4.90 Å². The van der Waals surface area contributed by atoms with Gasteiger partial charge in [0, 0.05) is 0 Å². The molecule has 0 aliphatic heterocycles. The van der Waals surface area contributed by atoms with E-state index in [1.807, 2.05) is 0 Å². The van der Waals surface area contributed by atoms with Crippen molar-refractivity contribution in [3.63, 3.8) is 0 Å². The minimum Gasteiger partial charge on any atom is -0.361 e. The Labute approximate surface area is 90.3 Å². The molecule has 0 spiro atoms. The van der Waals surface area contributed by atoms with E-state index in [1.54, 1.807) is 0 Å². The number of hydrogen-bond donors (Lipinski definition) is 2. The van der Waals surface area contributed by atoms with Crippen LogP contribution < -0.4 is 10.5 Å². The molecule has 0 saturated carbocycles. The summed E-state index contributed by atoms with van der Waals surface area (Å²) in [5.74, 6) is -3.50. The van der Waals surface area contributed by atoms with E-state index in [0.29, 0.717) is 0 Å². The minimum atomic E-state index is -4.19. The van der Waals surface area contributed by atoms with Gasteiger partial charge in [0.25, 0.3) is 10.0 Å². The molecular weight excluding hydrogens is 239 g/mol. The molecule has 0 aliphatic carbocycles. The zero-order valence-corrected chi connectivity index (χ0v) is 8.62. The number of rotatable bonds is 2. The molecule has 0 aliphatic rings. The average molecular weight is 246 g/mol. The van der Waals surface area contributed by atoms with Gasteiger partial charge in [0.2, 0.25) is 0 Å². The Hall–Kier alpha value is -1.96. The van der Waals surface area contributed by atoms with Crippen LogP contribution >= 0.6 is 0 Å². The molecule has 6 nitrogen and oxygen atoms in total. The zero-order chi connectivity index (χ0) is 12.3. The van der Waals surface area contributed by atoms with E-state index in [0.717, 1.165) is 24.3 Å². The molecule has 1 aromatic carbocycles. The van der Waals surface area contributed by atoms with Crippen LogP contribution in [-0.4, -0.2) is 20.2 Å². The molecule has 86 valence electrons. The first-order valence-electron chi connectivity index (χ1n) is 3.95. The molecule has 0 fully saturated rings. The molecule has 1 rings (SSSR count). The highest BCUT2D eigenvalue weighted by Gasteiger charge is 2.20. The summed E-state index contributed by atoms with van der Waals surface area (Å²) in [6.07, 6.45) is 0. The number of benzene rings is 1. The highest BCUT2D eigenvalue weighted by molar-refractivity contribution is 7.90. The van der Waals surface area contributed by atoms with Gasteiger partial charge >= 0.3 is 11.8 Å². The largest absolute Gasteiger partial charge is 0.361 e. The average Bonchev–Trinajstić information content (AvgIpc) is 2.17. The smallest absolute Gasteiger partial charge is 0.322 e. The summed E-state index contributed by atoms with van der Waals surface area (Å²) >= 11 is 0. The fourth-order valence-corrected chi connectivity index (χ4v) is 1.80. The monoisotopic (exact) mass is 246 g/mol. The van der Waals surface area contributed by atoms with Gasteiger partial charge in [-0.1, -0.05) is 0 Å². The first kappa shape index (κ1) is 12.1. The fraction of sp³-hybridized carbons (Fsp3) is 0. The second kappa shape index (κ2) is 4.27. The van der Waals surface area contributed by atoms with Gasteiger partial charge in [-0.05, 0) is 24.3 Å². The number of carbonyl (C=O) groups is 2. The quantitative estimate of drug-likeness (QED) is 0.660. The Bertz CT molecular complexity index is 523. The number of hydrogen-bond acceptors (Lipinski definition) is 4. The predicted molar refractivity (Wildman–Crippen MR) is 50.9 cm³/mol. The van der Waals surface area contributed by atoms with Crippen LogP contribution in [0.3, 0.4) is 0 Å². The van der Waals surface area contributed by atoms with Crippen molar-refractivity contribution < 1.29 is 22.4 Å². The normalized spacial score (nSPS) is 10.8. The number of amides is 2. The summed E-state index contributed by atoms with van der Waals surface area (Å²) in [5, 5.41) is 0. The lowest BCUT2D eigenvalue weighted by atomic mass is 10.4. The van der Waals surface area contributed by atoms with E-state index < -0.39 is 27.7 Å². The number of carbonyl (C=O) groups excluding carboxylic acids is 2. The maximum absolute atomic E-state index is 12.5. The fourth-order valence-electron chi connectivity index (χ4n) is 0.845. The molecule has 0 heterocycles. The van der Waals surface area contributed by atoms with Crippen molar-refractivity contribution in [3.8, 4) is 0 Å². The molecule has 0 saturated heterocycles. The first-order chi connectivity index (χ1) is 7.33. The third-order valence-electron chi connectivity index (χ3n) is 1.57. The van der Waals surface area contributed by atoms with Crippen LogP contribution in [0.15, 0.2) is 29.2 Å². The Morgan fingerprint density at radius 3 is 2.12 bits per heavy atom. The number of nitrogens with one attached hydrogen (secondary N) is 1. The van der Waals surface area contributed by atoms with E-state index >= 15 is 0 Å². The van der Waals surface area contributed by atoms with Crippen molar-refractivity contribution in [1.29, 1.82) is 0 Å². The molecule has 0 bridgehead atoms. The van der Waals surface area contributed by atoms with Gasteiger partial charge in [0.15, 0.2) is 0 Å². The van der Waals surface area contributed by atoms with Crippen LogP contribution in [0, 0.1) is 5.82 Å². The van der Waals surface area contributed by atoms with Gasteiger partial charge in [-0.25, -0.2) is 17.5 Å². The number of primary amides is 1. The third-order valence-corrected chi connectivity index (χ3v) is 2.92. The van der Waals surface area contributed by atoms with Crippen LogP contribution in [0.1, 0.15) is 0 Å². The van der Waals surface area contributed by atoms with Crippen molar-refractivity contribution in [1.82, 2.24) is 4.72 Å². The van der Waals surface area contributed by atoms with Gasteiger partial charge in [0.1, 0.15) is 5.82 Å². The molecular formula is C8H7FN2O4S. The highest BCUT2D eigenvalue weighted by Crippen LogP contribution is 2.09. The summed E-state index contributed by atoms with van der Waals surface area (Å²) in [7, 11) is -4.19. The summed E-state index contributed by atoms with van der Waals surface area (Å²) < 4.78 is 36.7. The molecule has 16 heavy (non-hydrogen) atoms. The number of halogens is 1. The molecule has 1 aromatic rings. The van der Waals surface area contributed by atoms with Crippen molar-refractivity contribution in [3.05, 3.63) is 30.1 Å². The minimum absolute atomic E-state index is 0.344. The molecule has 0 atom stereocenters. The first-order valence-corrected chi connectivity index (χ1v) is 5.43. The Morgan fingerprint density at radius 1 is 1.19 bits per heavy atom. The third kappa shape index (κ3) is 2.76. The van der Waals surface area contributed by atoms with Gasteiger partial charge in [-0.3, -0.25) is 9.59 Å². The van der Waals surface area contributed by atoms with E-state index in [2.05, 4.69) is 5.73 Å². The molecule has 2 amide bonds. The van der Waals surface area contributed by atoms with Gasteiger partial charge in [-0.15, -0.1) is 0 Å². The van der Waals surface area contributed by atoms with Gasteiger partial charge in [0.05, 0.1) is 4.90 Å². The van der Waals surface area contributed by atoms with E-state index in [1.165, 1.54) is 4.72 Å².